The van der Waals surface area contributed by atoms with Crippen LogP contribution in [0.1, 0.15) is 24.2 Å². The van der Waals surface area contributed by atoms with Gasteiger partial charge in [0, 0.05) is 12.2 Å². The van der Waals surface area contributed by atoms with Gasteiger partial charge in [0.2, 0.25) is 0 Å². The van der Waals surface area contributed by atoms with Gasteiger partial charge in [-0.2, -0.15) is 0 Å². The molecule has 5 nitrogen and oxygen atoms in total. The van der Waals surface area contributed by atoms with Crippen LogP contribution in [0.4, 0.5) is 5.69 Å². The van der Waals surface area contributed by atoms with Gasteiger partial charge in [0.15, 0.2) is 0 Å². The Bertz CT molecular complexity index is 457. The molecular weight excluding hydrogens is 268 g/mol. The van der Waals surface area contributed by atoms with Crippen molar-refractivity contribution in [3.8, 4) is 0 Å². The molecule has 0 aliphatic heterocycles. The number of halogens is 1. The van der Waals surface area contributed by atoms with Crippen LogP contribution >= 0.6 is 11.6 Å². The minimum atomic E-state index is -0.455. The van der Waals surface area contributed by atoms with Crippen LogP contribution in [0, 0.1) is 0 Å². The Labute approximate surface area is 117 Å². The maximum absolute atomic E-state index is 12.3. The Kier molecular flexibility index (Phi) is 5.63. The molecule has 2 N–H and O–H groups in total. The van der Waals surface area contributed by atoms with Gasteiger partial charge in [0.25, 0.3) is 5.91 Å². The number of nitrogen functional groups attached to an aromatic ring is 1. The fourth-order valence-corrected chi connectivity index (χ4v) is 1.88. The van der Waals surface area contributed by atoms with E-state index in [9.17, 15) is 9.59 Å². The maximum Gasteiger partial charge on any atom is 0.325 e. The summed E-state index contributed by atoms with van der Waals surface area (Å²) in [5.41, 5.74) is 6.27. The number of carbonyl (C=O) groups is 2. The van der Waals surface area contributed by atoms with Crippen LogP contribution in [0.15, 0.2) is 18.2 Å². The number of likely N-dealkylation sites (N-methyl/N-ethyl adjacent to an activating group) is 1. The Morgan fingerprint density at radius 3 is 2.58 bits per heavy atom. The monoisotopic (exact) mass is 284 g/mol. The van der Waals surface area contributed by atoms with Crippen LogP contribution in [-0.2, 0) is 9.53 Å². The highest BCUT2D eigenvalue weighted by Crippen LogP contribution is 2.23. The molecule has 0 bridgehead atoms. The number of amides is 1. The lowest BCUT2D eigenvalue weighted by Gasteiger charge is -2.21. The van der Waals surface area contributed by atoms with E-state index in [1.165, 1.54) is 4.90 Å². The van der Waals surface area contributed by atoms with Gasteiger partial charge in [-0.25, -0.2) is 0 Å². The first kappa shape index (κ1) is 15.3. The van der Waals surface area contributed by atoms with Gasteiger partial charge in [-0.15, -0.1) is 0 Å². The second-order valence-electron chi connectivity index (χ2n) is 3.83. The number of nitrogens with two attached hydrogens (primary N) is 1. The normalized spacial score (nSPS) is 10.1. The van der Waals surface area contributed by atoms with Crippen LogP contribution in [0.25, 0.3) is 0 Å². The number of ether oxygens (including phenoxy) is 1. The predicted molar refractivity (Wildman–Crippen MR) is 74.1 cm³/mol. The lowest BCUT2D eigenvalue weighted by molar-refractivity contribution is -0.143. The molecule has 0 aliphatic rings. The number of nitrogens with zero attached hydrogens (tertiary/aromatic N) is 1. The Morgan fingerprint density at radius 2 is 2.05 bits per heavy atom. The van der Waals surface area contributed by atoms with E-state index in [4.69, 9.17) is 22.1 Å². The van der Waals surface area contributed by atoms with Crippen molar-refractivity contribution in [2.24, 2.45) is 0 Å². The first-order valence-corrected chi connectivity index (χ1v) is 6.37. The highest BCUT2D eigenvalue weighted by Gasteiger charge is 2.22. The number of rotatable bonds is 5. The molecule has 1 rings (SSSR count). The van der Waals surface area contributed by atoms with E-state index in [2.05, 4.69) is 0 Å². The molecule has 0 heterocycles. The fourth-order valence-electron chi connectivity index (χ4n) is 1.61. The lowest BCUT2D eigenvalue weighted by Crippen LogP contribution is -2.36. The molecule has 104 valence electrons. The molecule has 0 aromatic heterocycles. The van der Waals surface area contributed by atoms with E-state index >= 15 is 0 Å². The molecule has 0 radical (unpaired) electrons. The number of esters is 1. The third kappa shape index (κ3) is 3.86. The maximum atomic E-state index is 12.3. The molecule has 19 heavy (non-hydrogen) atoms. The van der Waals surface area contributed by atoms with Crippen molar-refractivity contribution < 1.29 is 14.3 Å². The molecule has 0 atom stereocenters. The van der Waals surface area contributed by atoms with Crippen LogP contribution < -0.4 is 5.73 Å². The predicted octanol–water partition coefficient (Wildman–Crippen LogP) is 1.95. The molecule has 1 aromatic rings. The van der Waals surface area contributed by atoms with Crippen molar-refractivity contribution in [3.63, 3.8) is 0 Å². The zero-order valence-corrected chi connectivity index (χ0v) is 11.7. The molecule has 1 aromatic carbocycles. The summed E-state index contributed by atoms with van der Waals surface area (Å²) in [5.74, 6) is -0.832. The molecule has 0 spiro atoms. The van der Waals surface area contributed by atoms with Crippen LogP contribution in [0.2, 0.25) is 5.02 Å². The Hall–Kier alpha value is -1.75. The van der Waals surface area contributed by atoms with Crippen molar-refractivity contribution >= 4 is 29.2 Å². The van der Waals surface area contributed by atoms with Crippen molar-refractivity contribution in [3.05, 3.63) is 28.8 Å². The minimum Gasteiger partial charge on any atom is -0.465 e. The number of anilines is 1. The fraction of sp³-hybridized carbons (Fsp3) is 0.385. The summed E-state index contributed by atoms with van der Waals surface area (Å²) in [4.78, 5) is 25.1. The first-order chi connectivity index (χ1) is 9.01. The van der Waals surface area contributed by atoms with E-state index in [1.54, 1.807) is 32.0 Å². The number of hydrogen-bond donors (Lipinski definition) is 1. The second kappa shape index (κ2) is 6.99. The summed E-state index contributed by atoms with van der Waals surface area (Å²) in [6, 6.07) is 4.84. The van der Waals surface area contributed by atoms with Gasteiger partial charge < -0.3 is 15.4 Å². The summed E-state index contributed by atoms with van der Waals surface area (Å²) in [7, 11) is 0. The van der Waals surface area contributed by atoms with Gasteiger partial charge in [-0.1, -0.05) is 17.7 Å². The van der Waals surface area contributed by atoms with E-state index in [0.29, 0.717) is 12.2 Å². The van der Waals surface area contributed by atoms with Crippen LogP contribution in [-0.4, -0.2) is 36.5 Å². The average Bonchev–Trinajstić information content (AvgIpc) is 2.35. The van der Waals surface area contributed by atoms with E-state index in [0.717, 1.165) is 0 Å². The first-order valence-electron chi connectivity index (χ1n) is 6.00. The SMILES string of the molecule is CCOC(=O)CN(CC)C(=O)c1c(N)cccc1Cl. The molecule has 1 amide bonds. The summed E-state index contributed by atoms with van der Waals surface area (Å²) < 4.78 is 4.82. The van der Waals surface area contributed by atoms with E-state index in [1.807, 2.05) is 0 Å². The quantitative estimate of drug-likeness (QED) is 0.662. The zero-order chi connectivity index (χ0) is 14.4. The number of carbonyl (C=O) groups excluding carboxylic acids is 2. The molecule has 0 saturated carbocycles. The highest BCUT2D eigenvalue weighted by molar-refractivity contribution is 6.34. The summed E-state index contributed by atoms with van der Waals surface area (Å²) in [5, 5.41) is 0.271. The van der Waals surface area contributed by atoms with Gasteiger partial charge in [0.1, 0.15) is 6.54 Å². The summed E-state index contributed by atoms with van der Waals surface area (Å²) >= 11 is 5.98. The third-order valence-electron chi connectivity index (χ3n) is 2.55. The lowest BCUT2D eigenvalue weighted by atomic mass is 10.1. The van der Waals surface area contributed by atoms with Crippen molar-refractivity contribution in [2.45, 2.75) is 13.8 Å². The van der Waals surface area contributed by atoms with Gasteiger partial charge in [0.05, 0.1) is 17.2 Å². The summed E-state index contributed by atoms with van der Waals surface area (Å²) in [6.07, 6.45) is 0. The third-order valence-corrected chi connectivity index (χ3v) is 2.87. The Balaban J connectivity index is 2.93. The summed E-state index contributed by atoms with van der Waals surface area (Å²) in [6.45, 7) is 4.00. The minimum absolute atomic E-state index is 0.117. The van der Waals surface area contributed by atoms with Gasteiger partial charge in [-0.3, -0.25) is 9.59 Å². The van der Waals surface area contributed by atoms with E-state index < -0.39 is 5.97 Å². The van der Waals surface area contributed by atoms with Crippen LogP contribution in [0.5, 0.6) is 0 Å². The molecule has 6 heteroatoms. The zero-order valence-electron chi connectivity index (χ0n) is 11.0. The van der Waals surface area contributed by atoms with Crippen molar-refractivity contribution in [1.82, 2.24) is 4.90 Å². The smallest absolute Gasteiger partial charge is 0.325 e. The Morgan fingerprint density at radius 1 is 1.37 bits per heavy atom. The largest absolute Gasteiger partial charge is 0.465 e. The van der Waals surface area contributed by atoms with Crippen LogP contribution in [0.3, 0.4) is 0 Å². The average molecular weight is 285 g/mol. The highest BCUT2D eigenvalue weighted by atomic mass is 35.5. The second-order valence-corrected chi connectivity index (χ2v) is 4.24. The molecular formula is C13H17ClN2O3. The van der Waals surface area contributed by atoms with Gasteiger partial charge >= 0.3 is 5.97 Å². The van der Waals surface area contributed by atoms with Gasteiger partial charge in [-0.05, 0) is 26.0 Å². The molecule has 0 aliphatic carbocycles. The molecule has 0 unspecified atom stereocenters. The molecule has 0 fully saturated rings. The number of hydrogen-bond acceptors (Lipinski definition) is 4. The molecule has 0 saturated heterocycles. The topological polar surface area (TPSA) is 72.6 Å². The number of benzene rings is 1. The van der Waals surface area contributed by atoms with E-state index in [-0.39, 0.29) is 29.6 Å². The van der Waals surface area contributed by atoms with Crippen molar-refractivity contribution in [2.75, 3.05) is 25.4 Å². The standard InChI is InChI=1S/C13H17ClN2O3/c1-3-16(8-11(17)19-4-2)13(18)12-9(14)6-5-7-10(12)15/h5-7H,3-4,8,15H2,1-2H3. The van der Waals surface area contributed by atoms with Crippen molar-refractivity contribution in [1.29, 1.82) is 0 Å².